The van der Waals surface area contributed by atoms with E-state index in [0.717, 1.165) is 9.13 Å². The number of carbonyl (C=O) groups is 3. The van der Waals surface area contributed by atoms with Crippen molar-refractivity contribution in [3.63, 3.8) is 0 Å². The van der Waals surface area contributed by atoms with Gasteiger partial charge in [0.25, 0.3) is 0 Å². The number of aliphatic carboxylic acids is 1. The number of nitrogens with zero attached hydrogens (tertiary/aromatic N) is 2. The van der Waals surface area contributed by atoms with E-state index in [1.807, 2.05) is 0 Å². The highest BCUT2D eigenvalue weighted by atomic mass is 32.2. The van der Waals surface area contributed by atoms with Crippen molar-refractivity contribution in [3.8, 4) is 0 Å². The Morgan fingerprint density at radius 1 is 1.18 bits per heavy atom. The number of carboxylic acids is 1. The summed E-state index contributed by atoms with van der Waals surface area (Å²) in [6.45, 7) is 2.60. The molecular weight excluding hydrogens is 308 g/mol. The van der Waals surface area contributed by atoms with Gasteiger partial charge >= 0.3 is 11.7 Å². The van der Waals surface area contributed by atoms with Crippen molar-refractivity contribution < 1.29 is 19.5 Å². The van der Waals surface area contributed by atoms with Crippen LogP contribution in [-0.4, -0.2) is 32.0 Å². The van der Waals surface area contributed by atoms with Gasteiger partial charge in [-0.25, -0.2) is 13.9 Å². The van der Waals surface area contributed by atoms with E-state index in [1.165, 1.54) is 13.8 Å². The van der Waals surface area contributed by atoms with Gasteiger partial charge in [0.05, 0.1) is 11.4 Å². The molecule has 22 heavy (non-hydrogen) atoms. The molecule has 2 rings (SSSR count). The van der Waals surface area contributed by atoms with Crippen molar-refractivity contribution in [1.29, 1.82) is 0 Å². The molecule has 0 fully saturated rings. The lowest BCUT2D eigenvalue weighted by atomic mass is 10.1. The molecule has 7 nitrogen and oxygen atoms in total. The average Bonchev–Trinajstić information content (AvgIpc) is 2.90. The van der Waals surface area contributed by atoms with E-state index in [9.17, 15) is 19.2 Å². The van der Waals surface area contributed by atoms with Gasteiger partial charge in [0.1, 0.15) is 0 Å². The fourth-order valence-corrected chi connectivity index (χ4v) is 4.11. The molecular formula is C14H18N2O5S. The van der Waals surface area contributed by atoms with E-state index in [1.54, 1.807) is 11.8 Å². The Hall–Kier alpha value is -1.83. The standard InChI is InChI=1S/C14H18N2O5S/c1-8(17)15-10-7-22-11(5-3-4-6-12(19)20)13(10)16(9(2)18)14(15)21/h11H,3-7H2,1-2H3,(H,19,20). The Kier molecular flexibility index (Phi) is 4.90. The van der Waals surface area contributed by atoms with Crippen LogP contribution in [0.1, 0.15) is 65.8 Å². The predicted octanol–water partition coefficient (Wildman–Crippen LogP) is 1.90. The molecule has 0 amide bonds. The summed E-state index contributed by atoms with van der Waals surface area (Å²) in [5.74, 6) is -1.12. The number of hydrogen-bond donors (Lipinski definition) is 1. The summed E-state index contributed by atoms with van der Waals surface area (Å²) in [4.78, 5) is 46.2. The molecule has 1 aliphatic rings. The lowest BCUT2D eigenvalue weighted by Gasteiger charge is -2.11. The number of fused-ring (bicyclic) bond motifs is 1. The Bertz CT molecular complexity index is 688. The molecule has 1 atom stereocenters. The second-order valence-electron chi connectivity index (χ2n) is 5.26. The van der Waals surface area contributed by atoms with Crippen LogP contribution in [0.5, 0.6) is 0 Å². The van der Waals surface area contributed by atoms with Crippen molar-refractivity contribution in [2.24, 2.45) is 0 Å². The smallest absolute Gasteiger partial charge is 0.342 e. The maximum Gasteiger partial charge on any atom is 0.342 e. The van der Waals surface area contributed by atoms with Crippen LogP contribution < -0.4 is 5.69 Å². The van der Waals surface area contributed by atoms with E-state index in [-0.39, 0.29) is 11.7 Å². The maximum absolute atomic E-state index is 12.2. The molecule has 8 heteroatoms. The van der Waals surface area contributed by atoms with Crippen LogP contribution in [0.4, 0.5) is 0 Å². The minimum Gasteiger partial charge on any atom is -0.481 e. The van der Waals surface area contributed by atoms with Crippen LogP contribution in [0.3, 0.4) is 0 Å². The van der Waals surface area contributed by atoms with E-state index >= 15 is 0 Å². The molecule has 1 aliphatic heterocycles. The van der Waals surface area contributed by atoms with Crippen LogP contribution in [0, 0.1) is 0 Å². The Balaban J connectivity index is 2.28. The second kappa shape index (κ2) is 6.51. The molecule has 1 N–H and O–H groups in total. The first kappa shape index (κ1) is 16.5. The van der Waals surface area contributed by atoms with Crippen LogP contribution in [-0.2, 0) is 10.5 Å². The number of carbonyl (C=O) groups excluding carboxylic acids is 2. The average molecular weight is 326 g/mol. The number of imidazole rings is 1. The molecule has 2 heterocycles. The number of aromatic nitrogens is 2. The van der Waals surface area contributed by atoms with Crippen molar-refractivity contribution in [2.45, 2.75) is 50.5 Å². The zero-order chi connectivity index (χ0) is 16.4. The first-order chi connectivity index (χ1) is 10.3. The van der Waals surface area contributed by atoms with Crippen LogP contribution >= 0.6 is 11.8 Å². The molecule has 0 bridgehead atoms. The molecule has 0 saturated heterocycles. The minimum atomic E-state index is -0.830. The van der Waals surface area contributed by atoms with Crippen molar-refractivity contribution in [1.82, 2.24) is 9.13 Å². The van der Waals surface area contributed by atoms with Crippen LogP contribution in [0.2, 0.25) is 0 Å². The molecule has 0 saturated carbocycles. The number of hydrogen-bond acceptors (Lipinski definition) is 5. The normalized spacial score (nSPS) is 16.5. The lowest BCUT2D eigenvalue weighted by molar-refractivity contribution is -0.137. The Morgan fingerprint density at radius 2 is 1.82 bits per heavy atom. The molecule has 120 valence electrons. The summed E-state index contributed by atoms with van der Waals surface area (Å²) in [7, 11) is 0. The van der Waals surface area contributed by atoms with Gasteiger partial charge in [-0.1, -0.05) is 6.42 Å². The summed E-state index contributed by atoms with van der Waals surface area (Å²) < 4.78 is 2.15. The van der Waals surface area contributed by atoms with Gasteiger partial charge in [-0.15, -0.1) is 11.8 Å². The highest BCUT2D eigenvalue weighted by molar-refractivity contribution is 7.99. The summed E-state index contributed by atoms with van der Waals surface area (Å²) in [5, 5.41) is 8.59. The molecule has 0 radical (unpaired) electrons. The number of rotatable bonds is 5. The molecule has 1 aromatic rings. The third-order valence-electron chi connectivity index (χ3n) is 3.65. The van der Waals surface area contributed by atoms with E-state index in [4.69, 9.17) is 5.11 Å². The summed E-state index contributed by atoms with van der Waals surface area (Å²) in [6.07, 6.45) is 2.04. The fourth-order valence-electron chi connectivity index (χ4n) is 2.74. The monoisotopic (exact) mass is 326 g/mol. The highest BCUT2D eigenvalue weighted by Crippen LogP contribution is 2.44. The quantitative estimate of drug-likeness (QED) is 0.830. The minimum absolute atomic E-state index is 0.0546. The number of carboxylic acid groups (broad SMARTS) is 1. The Morgan fingerprint density at radius 3 is 2.36 bits per heavy atom. The van der Waals surface area contributed by atoms with Crippen molar-refractivity contribution in [2.75, 3.05) is 0 Å². The van der Waals surface area contributed by atoms with Gasteiger partial charge in [-0.05, 0) is 12.8 Å². The number of unbranched alkanes of at least 4 members (excludes halogenated alkanes) is 1. The SMILES string of the molecule is CC(=O)n1c2c(n(C(C)=O)c1=O)C(CCCCC(=O)O)SC2. The second-order valence-corrected chi connectivity index (χ2v) is 6.45. The summed E-state index contributed by atoms with van der Waals surface area (Å²) in [5.41, 5.74) is 0.606. The fraction of sp³-hybridized carbons (Fsp3) is 0.571. The van der Waals surface area contributed by atoms with Crippen LogP contribution in [0.25, 0.3) is 0 Å². The highest BCUT2D eigenvalue weighted by Gasteiger charge is 2.34. The molecule has 0 aliphatic carbocycles. The summed E-state index contributed by atoms with van der Waals surface area (Å²) >= 11 is 1.58. The van der Waals surface area contributed by atoms with Gasteiger partial charge < -0.3 is 5.11 Å². The lowest BCUT2D eigenvalue weighted by Crippen LogP contribution is -2.31. The van der Waals surface area contributed by atoms with Crippen LogP contribution in [0.15, 0.2) is 4.79 Å². The van der Waals surface area contributed by atoms with Crippen molar-refractivity contribution >= 4 is 29.5 Å². The van der Waals surface area contributed by atoms with Gasteiger partial charge in [-0.3, -0.25) is 14.4 Å². The number of thioether (sulfide) groups is 1. The first-order valence-electron chi connectivity index (χ1n) is 7.06. The first-order valence-corrected chi connectivity index (χ1v) is 8.11. The van der Waals surface area contributed by atoms with Gasteiger partial charge in [0.2, 0.25) is 11.8 Å². The third-order valence-corrected chi connectivity index (χ3v) is 4.95. The zero-order valence-corrected chi connectivity index (χ0v) is 13.3. The predicted molar refractivity (Wildman–Crippen MR) is 81.4 cm³/mol. The van der Waals surface area contributed by atoms with E-state index in [0.29, 0.717) is 36.4 Å². The van der Waals surface area contributed by atoms with Gasteiger partial charge in [0, 0.05) is 31.3 Å². The molecule has 0 aromatic carbocycles. The molecule has 1 unspecified atom stereocenters. The van der Waals surface area contributed by atoms with Gasteiger partial charge in [-0.2, -0.15) is 0 Å². The summed E-state index contributed by atoms with van der Waals surface area (Å²) in [6, 6.07) is 0. The third kappa shape index (κ3) is 3.01. The zero-order valence-electron chi connectivity index (χ0n) is 12.5. The van der Waals surface area contributed by atoms with E-state index in [2.05, 4.69) is 0 Å². The molecule has 0 spiro atoms. The topological polar surface area (TPSA) is 98.4 Å². The largest absolute Gasteiger partial charge is 0.481 e. The van der Waals surface area contributed by atoms with Gasteiger partial charge in [0.15, 0.2) is 0 Å². The maximum atomic E-state index is 12.2. The van der Waals surface area contributed by atoms with E-state index < -0.39 is 23.5 Å². The molecule has 1 aromatic heterocycles. The Labute approximate surface area is 131 Å². The van der Waals surface area contributed by atoms with Crippen molar-refractivity contribution in [3.05, 3.63) is 21.9 Å².